The monoisotopic (exact) mass is 652 g/mol. The van der Waals surface area contributed by atoms with Crippen molar-refractivity contribution in [2.24, 2.45) is 0 Å². The van der Waals surface area contributed by atoms with Gasteiger partial charge in [0, 0.05) is 44.3 Å². The summed E-state index contributed by atoms with van der Waals surface area (Å²) in [6, 6.07) is 69.1. The first kappa shape index (κ1) is 29.1. The number of anilines is 3. The third kappa shape index (κ3) is 4.90. The zero-order valence-corrected chi connectivity index (χ0v) is 27.8. The van der Waals surface area contributed by atoms with Gasteiger partial charge in [-0.15, -0.1) is 0 Å². The zero-order valence-electron chi connectivity index (χ0n) is 27.8. The number of rotatable bonds is 6. The van der Waals surface area contributed by atoms with E-state index in [0.29, 0.717) is 0 Å². The number of hydrogen-bond donors (Lipinski definition) is 0. The van der Waals surface area contributed by atoms with Gasteiger partial charge in [-0.1, -0.05) is 127 Å². The standard InChI is InChI=1S/C48H32N2O/c1-3-11-33(12-4-1)35-19-23-37(24-20-35)49(38-25-21-36(22-26-38)34-13-5-2-6-14-34)39-27-29-40(30-28-39)50-45-17-9-7-15-41(45)43-31-32-44-42-16-8-10-18-46(42)51-48(44)47(43)50/h1-32H. The smallest absolute Gasteiger partial charge is 0.160 e. The molecule has 8 aromatic carbocycles. The van der Waals surface area contributed by atoms with Crippen molar-refractivity contribution in [2.45, 2.75) is 0 Å². The highest BCUT2D eigenvalue weighted by Crippen LogP contribution is 2.41. The van der Waals surface area contributed by atoms with Crippen LogP contribution in [0.2, 0.25) is 0 Å². The second-order valence-electron chi connectivity index (χ2n) is 13.0. The van der Waals surface area contributed by atoms with E-state index in [2.05, 4.69) is 198 Å². The minimum Gasteiger partial charge on any atom is -0.454 e. The molecule has 0 N–H and O–H groups in total. The van der Waals surface area contributed by atoms with Gasteiger partial charge in [-0.25, -0.2) is 0 Å². The molecular weight excluding hydrogens is 621 g/mol. The van der Waals surface area contributed by atoms with Crippen molar-refractivity contribution in [3.05, 3.63) is 194 Å². The number of benzene rings is 8. The molecule has 3 nitrogen and oxygen atoms in total. The minimum atomic E-state index is 0.902. The van der Waals surface area contributed by atoms with Crippen LogP contribution in [0.3, 0.4) is 0 Å². The lowest BCUT2D eigenvalue weighted by molar-refractivity contribution is 0.671. The van der Waals surface area contributed by atoms with Gasteiger partial charge in [-0.05, 0) is 89.0 Å². The lowest BCUT2D eigenvalue weighted by Gasteiger charge is -2.26. The lowest BCUT2D eigenvalue weighted by Crippen LogP contribution is -2.10. The Hall–Kier alpha value is -6.84. The van der Waals surface area contributed by atoms with E-state index in [1.165, 1.54) is 33.0 Å². The van der Waals surface area contributed by atoms with Crippen LogP contribution < -0.4 is 4.90 Å². The highest BCUT2D eigenvalue weighted by molar-refractivity contribution is 6.21. The first-order chi connectivity index (χ1) is 25.3. The highest BCUT2D eigenvalue weighted by atomic mass is 16.3. The summed E-state index contributed by atoms with van der Waals surface area (Å²) in [5, 5.41) is 4.65. The molecule has 2 heterocycles. The van der Waals surface area contributed by atoms with Crippen molar-refractivity contribution in [2.75, 3.05) is 4.90 Å². The molecule has 0 saturated heterocycles. The third-order valence-electron chi connectivity index (χ3n) is 10.0. The molecule has 0 unspecified atom stereocenters. The maximum atomic E-state index is 6.59. The van der Waals surface area contributed by atoms with Crippen LogP contribution in [0.15, 0.2) is 199 Å². The first-order valence-electron chi connectivity index (χ1n) is 17.4. The predicted molar refractivity (Wildman–Crippen MR) is 214 cm³/mol. The van der Waals surface area contributed by atoms with E-state index >= 15 is 0 Å². The highest BCUT2D eigenvalue weighted by Gasteiger charge is 2.20. The van der Waals surface area contributed by atoms with Crippen LogP contribution in [0.1, 0.15) is 0 Å². The van der Waals surface area contributed by atoms with Gasteiger partial charge in [-0.3, -0.25) is 0 Å². The second-order valence-corrected chi connectivity index (χ2v) is 13.0. The largest absolute Gasteiger partial charge is 0.454 e. The van der Waals surface area contributed by atoms with E-state index in [9.17, 15) is 0 Å². The predicted octanol–water partition coefficient (Wildman–Crippen LogP) is 13.5. The van der Waals surface area contributed by atoms with Gasteiger partial charge < -0.3 is 13.9 Å². The molecule has 0 aliphatic heterocycles. The molecule has 3 heteroatoms. The van der Waals surface area contributed by atoms with Gasteiger partial charge in [0.25, 0.3) is 0 Å². The number of furan rings is 1. The van der Waals surface area contributed by atoms with Crippen molar-refractivity contribution < 1.29 is 4.42 Å². The number of hydrogen-bond acceptors (Lipinski definition) is 2. The molecule has 0 amide bonds. The molecule has 0 bridgehead atoms. The summed E-state index contributed by atoms with van der Waals surface area (Å²) < 4.78 is 8.94. The fourth-order valence-electron chi connectivity index (χ4n) is 7.56. The molecule has 0 aliphatic carbocycles. The van der Waals surface area contributed by atoms with E-state index in [0.717, 1.165) is 55.7 Å². The maximum Gasteiger partial charge on any atom is 0.160 e. The summed E-state index contributed by atoms with van der Waals surface area (Å²) in [4.78, 5) is 2.33. The summed E-state index contributed by atoms with van der Waals surface area (Å²) in [5.41, 5.74) is 13.2. The van der Waals surface area contributed by atoms with Gasteiger partial charge in [0.15, 0.2) is 5.58 Å². The average molecular weight is 653 g/mol. The number of aromatic nitrogens is 1. The Morgan fingerprint density at radius 3 is 1.43 bits per heavy atom. The van der Waals surface area contributed by atoms with Crippen LogP contribution >= 0.6 is 0 Å². The molecule has 0 saturated carbocycles. The summed E-state index contributed by atoms with van der Waals surface area (Å²) in [7, 11) is 0. The maximum absolute atomic E-state index is 6.59. The Bertz CT molecular complexity index is 2730. The van der Waals surface area contributed by atoms with Crippen LogP contribution in [-0.4, -0.2) is 4.57 Å². The Morgan fingerprint density at radius 1 is 0.353 bits per heavy atom. The molecular formula is C48H32N2O. The van der Waals surface area contributed by atoms with Crippen molar-refractivity contribution in [1.82, 2.24) is 4.57 Å². The van der Waals surface area contributed by atoms with Gasteiger partial charge in [-0.2, -0.15) is 0 Å². The number of nitrogens with zero attached hydrogens (tertiary/aromatic N) is 2. The molecule has 0 atom stereocenters. The SMILES string of the molecule is c1ccc(-c2ccc(N(c3ccc(-c4ccccc4)cc3)c3ccc(-n4c5ccccc5c5ccc6c7ccccc7oc6c54)cc3)cc2)cc1. The Balaban J connectivity index is 1.11. The quantitative estimate of drug-likeness (QED) is 0.178. The van der Waals surface area contributed by atoms with Crippen LogP contribution in [-0.2, 0) is 0 Å². The average Bonchev–Trinajstić information content (AvgIpc) is 3.76. The van der Waals surface area contributed by atoms with Crippen LogP contribution in [0.25, 0.3) is 71.7 Å². The van der Waals surface area contributed by atoms with Gasteiger partial charge in [0.1, 0.15) is 5.58 Å². The van der Waals surface area contributed by atoms with Gasteiger partial charge in [0.05, 0.1) is 11.0 Å². The fourth-order valence-corrected chi connectivity index (χ4v) is 7.56. The number of para-hydroxylation sites is 2. The minimum absolute atomic E-state index is 0.902. The van der Waals surface area contributed by atoms with Gasteiger partial charge in [0.2, 0.25) is 0 Å². The summed E-state index contributed by atoms with van der Waals surface area (Å²) in [5.74, 6) is 0. The zero-order chi connectivity index (χ0) is 33.7. The van der Waals surface area contributed by atoms with E-state index in [1.807, 2.05) is 6.07 Å². The van der Waals surface area contributed by atoms with Crippen molar-refractivity contribution >= 4 is 60.8 Å². The van der Waals surface area contributed by atoms with Crippen LogP contribution in [0.5, 0.6) is 0 Å². The summed E-state index contributed by atoms with van der Waals surface area (Å²) >= 11 is 0. The van der Waals surface area contributed by atoms with Crippen LogP contribution in [0.4, 0.5) is 17.1 Å². The normalized spacial score (nSPS) is 11.5. The van der Waals surface area contributed by atoms with E-state index < -0.39 is 0 Å². The lowest BCUT2D eigenvalue weighted by atomic mass is 10.0. The van der Waals surface area contributed by atoms with E-state index in [-0.39, 0.29) is 0 Å². The molecule has 10 aromatic rings. The Labute approximate surface area is 295 Å². The fraction of sp³-hybridized carbons (Fsp3) is 0. The van der Waals surface area contributed by atoms with E-state index in [1.54, 1.807) is 0 Å². The van der Waals surface area contributed by atoms with Crippen LogP contribution in [0, 0.1) is 0 Å². The Morgan fingerprint density at radius 2 is 0.824 bits per heavy atom. The van der Waals surface area contributed by atoms with E-state index in [4.69, 9.17) is 4.42 Å². The van der Waals surface area contributed by atoms with Crippen molar-refractivity contribution in [3.63, 3.8) is 0 Å². The molecule has 0 aliphatic rings. The molecule has 0 radical (unpaired) electrons. The molecule has 51 heavy (non-hydrogen) atoms. The molecule has 10 rings (SSSR count). The van der Waals surface area contributed by atoms with Crippen molar-refractivity contribution in [1.29, 1.82) is 0 Å². The molecule has 2 aromatic heterocycles. The van der Waals surface area contributed by atoms with Gasteiger partial charge >= 0.3 is 0 Å². The third-order valence-corrected chi connectivity index (χ3v) is 10.0. The summed E-state index contributed by atoms with van der Waals surface area (Å²) in [6.07, 6.45) is 0. The molecule has 240 valence electrons. The van der Waals surface area contributed by atoms with Crippen molar-refractivity contribution in [3.8, 4) is 27.9 Å². The topological polar surface area (TPSA) is 21.3 Å². The number of fused-ring (bicyclic) bond motifs is 7. The second kappa shape index (κ2) is 11.9. The Kier molecular flexibility index (Phi) is 6.81. The first-order valence-corrected chi connectivity index (χ1v) is 17.4. The molecule has 0 fully saturated rings. The molecule has 0 spiro atoms. The summed E-state index contributed by atoms with van der Waals surface area (Å²) in [6.45, 7) is 0.